The molecule has 0 spiro atoms. The number of benzene rings is 4. The third-order valence-electron chi connectivity index (χ3n) is 15.1. The van der Waals surface area contributed by atoms with Crippen LogP contribution >= 0.6 is 11.3 Å². The highest BCUT2D eigenvalue weighted by Crippen LogP contribution is 2.52. The van der Waals surface area contributed by atoms with Gasteiger partial charge in [-0.3, -0.25) is 52.2 Å². The van der Waals surface area contributed by atoms with Gasteiger partial charge < -0.3 is 10.2 Å². The van der Waals surface area contributed by atoms with Crippen LogP contribution in [0.15, 0.2) is 139 Å². The van der Waals surface area contributed by atoms with E-state index >= 15 is 0 Å². The number of nitrogens with zero attached hydrogens (tertiary/aromatic N) is 6. The van der Waals surface area contributed by atoms with Crippen molar-refractivity contribution in [2.45, 2.75) is 81.8 Å². The normalized spacial score (nSPS) is 16.0. The number of hydrogen-bond donors (Lipinski definition) is 9. The summed E-state index contributed by atoms with van der Waals surface area (Å²) in [5.41, 5.74) is -0.561. The van der Waals surface area contributed by atoms with Gasteiger partial charge >= 0.3 is 0 Å². The fraction of sp³-hybridized carbons (Fsp3) is 0.241. The summed E-state index contributed by atoms with van der Waals surface area (Å²) in [6, 6.07) is 14.1. The Labute approximate surface area is 536 Å². The number of carbonyl (C=O) groups is 2. The number of primary sulfonamides is 1. The van der Waals surface area contributed by atoms with Gasteiger partial charge in [0.25, 0.3) is 82.5 Å². The largest absolute Gasteiger partial charge is 0.346 e. The summed E-state index contributed by atoms with van der Waals surface area (Å²) in [6.45, 7) is 6.03. The molecule has 2 amide bonds. The number of sulfonamides is 1. The van der Waals surface area contributed by atoms with Gasteiger partial charge in [0.15, 0.2) is 5.71 Å². The van der Waals surface area contributed by atoms with Gasteiger partial charge in [-0.15, -0.1) is 10.2 Å². The lowest BCUT2D eigenvalue weighted by Gasteiger charge is -2.27. The molecule has 0 unspecified atom stereocenters. The van der Waals surface area contributed by atoms with E-state index in [9.17, 15) is 95.8 Å². The number of rotatable bonds is 22. The minimum atomic E-state index is -5.19. The molecule has 2 aliphatic rings. The van der Waals surface area contributed by atoms with Gasteiger partial charge in [0.2, 0.25) is 15.2 Å². The maximum absolute atomic E-state index is 13.7. The first-order valence-electron chi connectivity index (χ1n) is 26.8. The Morgan fingerprint density at radius 2 is 1.19 bits per heavy atom. The highest BCUT2D eigenvalue weighted by atomic mass is 32.3. The number of nitrogens with two attached hydrogens (primary N) is 1. The minimum absolute atomic E-state index is 0.00249. The van der Waals surface area contributed by atoms with E-state index in [1.165, 1.54) is 73.1 Å². The maximum atomic E-state index is 13.7. The second-order valence-corrected chi connectivity index (χ2v) is 33.6. The number of amides is 2. The number of carbonyl (C=O) groups excluding carboxylic acids is 2. The van der Waals surface area contributed by atoms with Gasteiger partial charge in [-0.2, -0.15) is 55.1 Å². The second kappa shape index (κ2) is 24.9. The molecule has 93 heavy (non-hydrogen) atoms. The Morgan fingerprint density at radius 3 is 1.72 bits per heavy atom. The van der Waals surface area contributed by atoms with E-state index in [-0.39, 0.29) is 110 Å². The van der Waals surface area contributed by atoms with Crippen LogP contribution in [-0.4, -0.2) is 153 Å². The molecule has 9 rings (SSSR count). The molecular formula is C54H54N9O22S8+. The van der Waals surface area contributed by atoms with E-state index in [2.05, 4.69) is 30.8 Å². The smallest absolute Gasteiger partial charge is 0.295 e. The minimum Gasteiger partial charge on any atom is -0.346 e. The zero-order chi connectivity index (χ0) is 68.6. The molecule has 10 N–H and O–H groups in total. The highest BCUT2D eigenvalue weighted by Gasteiger charge is 2.47. The van der Waals surface area contributed by atoms with Crippen molar-refractivity contribution in [3.05, 3.63) is 149 Å². The molecule has 0 bridgehead atoms. The van der Waals surface area contributed by atoms with Crippen LogP contribution in [0, 0.1) is 0 Å². The molecule has 0 saturated heterocycles. The third kappa shape index (κ3) is 15.1. The van der Waals surface area contributed by atoms with Crippen LogP contribution in [0.2, 0.25) is 0 Å². The van der Waals surface area contributed by atoms with Crippen LogP contribution in [0.5, 0.6) is 0 Å². The van der Waals surface area contributed by atoms with E-state index < -0.39 is 129 Å². The molecule has 494 valence electrons. The molecule has 3 aromatic heterocycles. The van der Waals surface area contributed by atoms with E-state index in [0.717, 1.165) is 12.1 Å². The van der Waals surface area contributed by atoms with Crippen LogP contribution in [0.25, 0.3) is 27.1 Å². The summed E-state index contributed by atoms with van der Waals surface area (Å²) in [7, 11) is -34.0. The van der Waals surface area contributed by atoms with Crippen molar-refractivity contribution >= 4 is 143 Å². The molecule has 0 aliphatic carbocycles. The van der Waals surface area contributed by atoms with Crippen molar-refractivity contribution < 1.29 is 100 Å². The van der Waals surface area contributed by atoms with Crippen molar-refractivity contribution in [3.63, 3.8) is 0 Å². The molecule has 31 nitrogen and oxygen atoms in total. The van der Waals surface area contributed by atoms with Crippen molar-refractivity contribution in [1.82, 2.24) is 25.5 Å². The van der Waals surface area contributed by atoms with E-state index in [1.807, 2.05) is 0 Å². The number of anilines is 2. The first-order valence-corrected chi connectivity index (χ1v) is 38.1. The zero-order valence-corrected chi connectivity index (χ0v) is 55.1. The van der Waals surface area contributed by atoms with Crippen LogP contribution in [0.4, 0.5) is 16.5 Å². The van der Waals surface area contributed by atoms with Crippen molar-refractivity contribution in [1.29, 1.82) is 0 Å². The molecule has 5 heterocycles. The summed E-state index contributed by atoms with van der Waals surface area (Å²) >= 11 is 0.519. The van der Waals surface area contributed by atoms with Gasteiger partial charge in [-0.05, 0) is 109 Å². The van der Waals surface area contributed by atoms with Crippen molar-refractivity contribution in [3.8, 4) is 0 Å². The molecule has 2 aliphatic heterocycles. The molecule has 4 aromatic carbocycles. The fourth-order valence-electron chi connectivity index (χ4n) is 11.0. The third-order valence-corrected chi connectivity index (χ3v) is 22.3. The molecule has 0 saturated carbocycles. The SMILES string of the molecule is CC1(C)C(/C=C/C(=C/C=C2/N(CCCS(=O)(=O)O)c3ccc4c(S(=O)(=O)O)cc(S(=O)(=O)O)cc4c3C2(C)C)c2ccc(C(=O)NCc3ccc(C(=O)Nc4nnc(S(N)(=O)=O)s4)cn3)cn2)=[N+](CCCS(=O)(=O)O)c2ccc3c(S(=O)(=O)O)cc(S(=O)(=O)O)cc3c21. The van der Waals surface area contributed by atoms with Crippen LogP contribution in [0.1, 0.15) is 83.8 Å². The lowest BCUT2D eigenvalue weighted by atomic mass is 9.79. The molecular weight excluding hydrogens is 1380 g/mol. The van der Waals surface area contributed by atoms with Crippen LogP contribution < -0.4 is 20.7 Å². The standard InChI is InChI=1S/C54H53N9O22S8/c1-53(2)45(62(19-5-21-87(66,67)68)41-15-12-36-38(47(41)53)23-34(90(74,75)76)25-43(36)92(80,81)82)17-9-30(40-14-8-31(28-57-40)49(64)58-29-33-11-7-32(27-56-33)50(65)59-51-60-61-52(86-51)89(55,72)73)10-18-46-54(3,4)48-39-24-35(91(77,78)79)26-44(93(83,84)85)37(39)13-16-42(48)63(46)20-6-22-88(69,70)71/h7-18,23-28H,5-6,19-22,29H2,1-4H3,(H9-,55,58,59,60,64,65,66,67,68,69,70,71,72,73,74,75,76,77,78,79,80,81,82,83,84,85)/p+1. The van der Waals surface area contributed by atoms with Gasteiger partial charge in [-0.1, -0.05) is 37.3 Å². The predicted molar refractivity (Wildman–Crippen MR) is 336 cm³/mol. The Kier molecular flexibility index (Phi) is 18.6. The Balaban J connectivity index is 1.17. The van der Waals surface area contributed by atoms with Gasteiger partial charge in [0, 0.05) is 76.2 Å². The number of nitrogens with one attached hydrogen (secondary N) is 2. The van der Waals surface area contributed by atoms with Crippen LogP contribution in [0.3, 0.4) is 0 Å². The quantitative estimate of drug-likeness (QED) is 0.0192. The Hall–Kier alpha value is -7.74. The monoisotopic (exact) mass is 1440 g/mol. The predicted octanol–water partition coefficient (Wildman–Crippen LogP) is 4.70. The molecule has 0 radical (unpaired) electrons. The Bertz CT molecular complexity index is 5310. The van der Waals surface area contributed by atoms with Gasteiger partial charge in [-0.25, -0.2) is 13.6 Å². The molecule has 0 atom stereocenters. The van der Waals surface area contributed by atoms with Gasteiger partial charge in [0.1, 0.15) is 16.3 Å². The topological polar surface area (TPSA) is 502 Å². The summed E-state index contributed by atoms with van der Waals surface area (Å²) < 4.78 is 235. The van der Waals surface area contributed by atoms with Crippen molar-refractivity contribution in [2.24, 2.45) is 5.14 Å². The fourth-order valence-corrected chi connectivity index (χ4v) is 16.0. The highest BCUT2D eigenvalue weighted by molar-refractivity contribution is 7.91. The number of fused-ring (bicyclic) bond motifs is 6. The molecule has 7 aromatic rings. The maximum Gasteiger partial charge on any atom is 0.295 e. The summed E-state index contributed by atoms with van der Waals surface area (Å²) in [6.07, 6.45) is 8.03. The summed E-state index contributed by atoms with van der Waals surface area (Å²) in [4.78, 5) is 33.4. The van der Waals surface area contributed by atoms with E-state index in [4.69, 9.17) is 5.14 Å². The average molecular weight is 1440 g/mol. The number of aromatic nitrogens is 4. The van der Waals surface area contributed by atoms with Crippen LogP contribution in [-0.2, 0) is 88.1 Å². The first-order chi connectivity index (χ1) is 42.8. The summed E-state index contributed by atoms with van der Waals surface area (Å²) in [5.74, 6) is -2.89. The first kappa shape index (κ1) is 69.6. The van der Waals surface area contributed by atoms with Gasteiger partial charge in [0.05, 0.1) is 55.8 Å². The number of hydrogen-bond acceptors (Lipinski definition) is 22. The number of allylic oxidation sites excluding steroid dienone is 6. The van der Waals surface area contributed by atoms with E-state index in [1.54, 1.807) is 49.3 Å². The second-order valence-electron chi connectivity index (χ2n) is 22.1. The van der Waals surface area contributed by atoms with E-state index in [0.29, 0.717) is 34.9 Å². The molecule has 39 heteroatoms. The lowest BCUT2D eigenvalue weighted by Crippen LogP contribution is -2.28. The number of pyridine rings is 2. The molecule has 0 fully saturated rings. The Morgan fingerprint density at radius 1 is 0.634 bits per heavy atom. The lowest BCUT2D eigenvalue weighted by molar-refractivity contribution is -0.437. The summed E-state index contributed by atoms with van der Waals surface area (Å²) in [5, 5.41) is 16.5. The average Bonchev–Trinajstić information content (AvgIpc) is 1.61. The van der Waals surface area contributed by atoms with Crippen molar-refractivity contribution in [2.75, 3.05) is 34.8 Å². The zero-order valence-electron chi connectivity index (χ0n) is 48.6.